The Morgan fingerprint density at radius 3 is 2.49 bits per heavy atom. The number of hydrogen-bond acceptors (Lipinski definition) is 8. The number of sulfonamides is 1. The number of nitrogens with zero attached hydrogens (tertiary/aromatic N) is 2. The van der Waals surface area contributed by atoms with Crippen LogP contribution in [0.2, 0.25) is 0 Å². The topological polar surface area (TPSA) is 144 Å². The molecule has 55 heavy (non-hydrogen) atoms. The van der Waals surface area contributed by atoms with E-state index < -0.39 is 50.2 Å². The summed E-state index contributed by atoms with van der Waals surface area (Å²) < 4.78 is 39.8. The fourth-order valence-electron chi connectivity index (χ4n) is 8.49. The minimum absolute atomic E-state index is 0.182. The van der Waals surface area contributed by atoms with Gasteiger partial charge in [-0.15, -0.1) is 6.58 Å². The molecule has 0 spiro atoms. The SMILES string of the molecule is C=CC1CC1(NC(=O)C(CC1CCc2c(c(CCCCCC3CCCC3)nc3ccc(OC)cc23)O1)N(C)C(=O)CC(C)(C)C)C(=O)NS(=O)(=O)C1(C)CC1. The van der Waals surface area contributed by atoms with Crippen LogP contribution in [0.4, 0.5) is 0 Å². The third-order valence-corrected chi connectivity index (χ3v) is 14.7. The number of carbonyl (C=O) groups excluding carboxylic acids is 3. The summed E-state index contributed by atoms with van der Waals surface area (Å²) >= 11 is 0. The number of aromatic nitrogens is 1. The van der Waals surface area contributed by atoms with Crippen LogP contribution >= 0.6 is 0 Å². The van der Waals surface area contributed by atoms with E-state index in [-0.39, 0.29) is 30.6 Å². The van der Waals surface area contributed by atoms with Gasteiger partial charge in [-0.1, -0.05) is 71.8 Å². The minimum atomic E-state index is -3.94. The van der Waals surface area contributed by atoms with E-state index in [1.165, 1.54) is 43.4 Å². The zero-order chi connectivity index (χ0) is 39.8. The smallest absolute Gasteiger partial charge is 0.259 e. The van der Waals surface area contributed by atoms with Crippen LogP contribution < -0.4 is 19.5 Å². The second-order valence-electron chi connectivity index (χ2n) is 18.2. The Hall–Kier alpha value is -3.67. The second kappa shape index (κ2) is 16.1. The molecule has 2 N–H and O–H groups in total. The van der Waals surface area contributed by atoms with E-state index in [0.717, 1.165) is 58.8 Å². The minimum Gasteiger partial charge on any atom is -0.497 e. The largest absolute Gasteiger partial charge is 0.497 e. The van der Waals surface area contributed by atoms with Gasteiger partial charge in [0.15, 0.2) is 0 Å². The zero-order valence-electron chi connectivity index (χ0n) is 33.8. The highest BCUT2D eigenvalue weighted by molar-refractivity contribution is 7.91. The first-order valence-electron chi connectivity index (χ1n) is 20.4. The van der Waals surface area contributed by atoms with Gasteiger partial charge in [0.05, 0.1) is 23.1 Å². The Morgan fingerprint density at radius 1 is 1.13 bits per heavy atom. The molecule has 4 atom stereocenters. The maximum absolute atomic E-state index is 14.4. The molecular formula is C43H62N4O7S. The van der Waals surface area contributed by atoms with E-state index in [9.17, 15) is 22.8 Å². The molecule has 0 bridgehead atoms. The van der Waals surface area contributed by atoms with Crippen LogP contribution in [0.25, 0.3) is 10.9 Å². The van der Waals surface area contributed by atoms with Crippen LogP contribution in [0.5, 0.6) is 11.5 Å². The Bertz CT molecular complexity index is 1900. The maximum Gasteiger partial charge on any atom is 0.259 e. The first-order valence-corrected chi connectivity index (χ1v) is 21.9. The van der Waals surface area contributed by atoms with E-state index in [4.69, 9.17) is 14.5 Å². The first kappa shape index (κ1) is 41.0. The number of likely N-dealkylation sites (N-methyl/N-ethyl adjacent to an activating group) is 1. The molecular weight excluding hydrogens is 717 g/mol. The average Bonchev–Trinajstić information content (AvgIpc) is 4.00. The highest BCUT2D eigenvalue weighted by atomic mass is 32.2. The molecule has 4 unspecified atom stereocenters. The number of benzene rings is 1. The number of hydrogen-bond donors (Lipinski definition) is 2. The molecule has 302 valence electrons. The van der Waals surface area contributed by atoms with Crippen LogP contribution in [0.1, 0.15) is 129 Å². The molecule has 0 saturated heterocycles. The molecule has 1 aromatic carbocycles. The molecule has 2 heterocycles. The Labute approximate surface area is 327 Å². The lowest BCUT2D eigenvalue weighted by Gasteiger charge is -2.35. The van der Waals surface area contributed by atoms with E-state index in [2.05, 4.69) is 16.6 Å². The molecule has 1 aromatic heterocycles. The molecule has 3 amide bonds. The Kier molecular flexibility index (Phi) is 12.0. The number of rotatable bonds is 17. The molecule has 0 radical (unpaired) electrons. The number of carbonyl (C=O) groups is 3. The third kappa shape index (κ3) is 9.15. The van der Waals surface area contributed by atoms with Crippen molar-refractivity contribution in [3.63, 3.8) is 0 Å². The van der Waals surface area contributed by atoms with Gasteiger partial charge in [-0.3, -0.25) is 19.1 Å². The van der Waals surface area contributed by atoms with Crippen molar-refractivity contribution in [2.45, 2.75) is 153 Å². The van der Waals surface area contributed by atoms with E-state index in [1.807, 2.05) is 39.0 Å². The number of fused-ring (bicyclic) bond motifs is 3. The van der Waals surface area contributed by atoms with Gasteiger partial charge in [0.1, 0.15) is 29.2 Å². The van der Waals surface area contributed by atoms with Gasteiger partial charge < -0.3 is 19.7 Å². The second-order valence-corrected chi connectivity index (χ2v) is 20.4. The number of aryl methyl sites for hydroxylation is 2. The van der Waals surface area contributed by atoms with Gasteiger partial charge in [0, 0.05) is 36.8 Å². The van der Waals surface area contributed by atoms with Crippen molar-refractivity contribution < 1.29 is 32.3 Å². The average molecular weight is 779 g/mol. The van der Waals surface area contributed by atoms with Gasteiger partial charge in [0.25, 0.3) is 5.91 Å². The molecule has 11 nitrogen and oxygen atoms in total. The number of methoxy groups -OCH3 is 1. The van der Waals surface area contributed by atoms with Crippen molar-refractivity contribution in [3.05, 3.63) is 42.1 Å². The highest BCUT2D eigenvalue weighted by Gasteiger charge is 2.62. The molecule has 4 aliphatic rings. The van der Waals surface area contributed by atoms with E-state index in [0.29, 0.717) is 25.7 Å². The van der Waals surface area contributed by atoms with E-state index in [1.54, 1.807) is 27.2 Å². The van der Waals surface area contributed by atoms with Crippen molar-refractivity contribution in [2.24, 2.45) is 17.3 Å². The molecule has 3 fully saturated rings. The predicted octanol–water partition coefficient (Wildman–Crippen LogP) is 6.94. The molecule has 12 heteroatoms. The Balaban J connectivity index is 1.24. The number of nitrogens with one attached hydrogen (secondary N) is 2. The van der Waals surface area contributed by atoms with E-state index >= 15 is 0 Å². The zero-order valence-corrected chi connectivity index (χ0v) is 34.6. The van der Waals surface area contributed by atoms with Gasteiger partial charge >= 0.3 is 0 Å². The van der Waals surface area contributed by atoms with Gasteiger partial charge in [-0.25, -0.2) is 13.4 Å². The van der Waals surface area contributed by atoms with Gasteiger partial charge in [-0.2, -0.15) is 0 Å². The van der Waals surface area contributed by atoms with Crippen LogP contribution in [0, 0.1) is 17.3 Å². The number of unbranched alkanes of at least 4 members (excludes halogenated alkanes) is 2. The highest BCUT2D eigenvalue weighted by Crippen LogP contribution is 2.47. The van der Waals surface area contributed by atoms with Crippen molar-refractivity contribution >= 4 is 38.6 Å². The van der Waals surface area contributed by atoms with Gasteiger partial charge in [0.2, 0.25) is 21.8 Å². The number of amides is 3. The van der Waals surface area contributed by atoms with Crippen LogP contribution in [0.3, 0.4) is 0 Å². The summed E-state index contributed by atoms with van der Waals surface area (Å²) in [6.45, 7) is 11.4. The lowest BCUT2D eigenvalue weighted by atomic mass is 9.90. The quantitative estimate of drug-likeness (QED) is 0.130. The standard InChI is InChI=1S/C43H62N4O7S/c1-8-29-26-43(29,40(50)46-55(51,52)42(5)22-23-42)45-39(49)36(47(6)37(48)27-41(2,3)4)25-31-18-20-32-33-24-30(53-7)19-21-34(33)44-35(38(32)54-31)17-11-9-10-14-28-15-12-13-16-28/h8,19,21,24,28-29,31,36H,1,9-18,20,22-23,25-27H2,2-7H3,(H,45,49)(H,46,50). The van der Waals surface area contributed by atoms with Crippen LogP contribution in [-0.4, -0.2) is 72.6 Å². The predicted molar refractivity (Wildman–Crippen MR) is 214 cm³/mol. The molecule has 1 aliphatic heterocycles. The fourth-order valence-corrected chi connectivity index (χ4v) is 9.80. The molecule has 2 aromatic rings. The summed E-state index contributed by atoms with van der Waals surface area (Å²) in [6.07, 6.45) is 14.8. The fraction of sp³-hybridized carbons (Fsp3) is 0.674. The summed E-state index contributed by atoms with van der Waals surface area (Å²) in [4.78, 5) is 48.4. The van der Waals surface area contributed by atoms with Crippen molar-refractivity contribution in [1.29, 1.82) is 0 Å². The van der Waals surface area contributed by atoms with Crippen molar-refractivity contribution in [1.82, 2.24) is 19.9 Å². The third-order valence-electron chi connectivity index (χ3n) is 12.5. The van der Waals surface area contributed by atoms with Crippen LogP contribution in [-0.2, 0) is 37.2 Å². The normalized spacial score (nSPS) is 23.6. The summed E-state index contributed by atoms with van der Waals surface area (Å²) in [5.41, 5.74) is 1.08. The van der Waals surface area contributed by atoms with Crippen LogP contribution in [0.15, 0.2) is 30.9 Å². The molecule has 3 aliphatic carbocycles. The monoisotopic (exact) mass is 778 g/mol. The maximum atomic E-state index is 14.4. The Morgan fingerprint density at radius 2 is 1.85 bits per heavy atom. The van der Waals surface area contributed by atoms with Crippen molar-refractivity contribution in [2.75, 3.05) is 14.2 Å². The lowest BCUT2D eigenvalue weighted by Crippen LogP contribution is -2.58. The summed E-state index contributed by atoms with van der Waals surface area (Å²) in [7, 11) is -0.671. The van der Waals surface area contributed by atoms with Crippen molar-refractivity contribution in [3.8, 4) is 11.5 Å². The lowest BCUT2D eigenvalue weighted by molar-refractivity contribution is -0.142. The molecule has 6 rings (SSSR count). The van der Waals surface area contributed by atoms with Gasteiger partial charge in [-0.05, 0) is 81.4 Å². The summed E-state index contributed by atoms with van der Waals surface area (Å²) in [5.74, 6) is 0.395. The summed E-state index contributed by atoms with van der Waals surface area (Å²) in [6, 6.07) is 4.95. The first-order chi connectivity index (χ1) is 26.0. The molecule has 3 saturated carbocycles. The summed E-state index contributed by atoms with van der Waals surface area (Å²) in [5, 5.41) is 3.90. The number of pyridine rings is 1. The number of ether oxygens (including phenoxy) is 2.